The third-order valence-electron chi connectivity index (χ3n) is 2.77. The van der Waals surface area contributed by atoms with Gasteiger partial charge < -0.3 is 4.74 Å². The van der Waals surface area contributed by atoms with E-state index in [2.05, 4.69) is 0 Å². The molecule has 0 aromatic carbocycles. The van der Waals surface area contributed by atoms with Crippen LogP contribution in [0.1, 0.15) is 52.4 Å². The lowest BCUT2D eigenvalue weighted by atomic mass is 9.86. The maximum absolute atomic E-state index is 11.5. The Bertz CT molecular complexity index is 227. The summed E-state index contributed by atoms with van der Waals surface area (Å²) < 4.78 is 4.87. The summed E-state index contributed by atoms with van der Waals surface area (Å²) in [7, 11) is 0. The Hall–Kier alpha value is -0.860. The van der Waals surface area contributed by atoms with Gasteiger partial charge in [-0.25, -0.2) is 4.79 Å². The van der Waals surface area contributed by atoms with Crippen molar-refractivity contribution in [1.82, 2.24) is 0 Å². The van der Waals surface area contributed by atoms with Gasteiger partial charge in [-0.2, -0.15) is 0 Å². The first kappa shape index (κ1) is 12.2. The second-order valence-electron chi connectivity index (χ2n) is 4.59. The Kier molecular flexibility index (Phi) is 4.79. The zero-order valence-electron chi connectivity index (χ0n) is 9.62. The van der Waals surface area contributed by atoms with Crippen LogP contribution in [0.3, 0.4) is 0 Å². The Morgan fingerprint density at radius 1 is 1.20 bits per heavy atom. The standard InChI is InChI=1S/C12H20O3/c1-9(2)15-12(14)11(13)8-10-6-4-3-5-7-10/h9-10H,3-8H2,1-2H3. The fraction of sp³-hybridized carbons (Fsp3) is 0.833. The molecule has 0 heterocycles. The lowest BCUT2D eigenvalue weighted by Gasteiger charge is -2.20. The van der Waals surface area contributed by atoms with E-state index >= 15 is 0 Å². The number of Topliss-reactive ketones (excluding diaryl/α,β-unsaturated/α-hetero) is 1. The highest BCUT2D eigenvalue weighted by atomic mass is 16.5. The normalized spacial score (nSPS) is 17.8. The number of carbonyl (C=O) groups excluding carboxylic acids is 2. The first-order valence-electron chi connectivity index (χ1n) is 5.83. The summed E-state index contributed by atoms with van der Waals surface area (Å²) in [6.07, 6.45) is 6.00. The van der Waals surface area contributed by atoms with Gasteiger partial charge in [-0.05, 0) is 19.8 Å². The van der Waals surface area contributed by atoms with Gasteiger partial charge in [0, 0.05) is 6.42 Å². The summed E-state index contributed by atoms with van der Waals surface area (Å²) >= 11 is 0. The van der Waals surface area contributed by atoms with Crippen molar-refractivity contribution in [1.29, 1.82) is 0 Å². The molecular weight excluding hydrogens is 192 g/mol. The third-order valence-corrected chi connectivity index (χ3v) is 2.77. The van der Waals surface area contributed by atoms with Crippen molar-refractivity contribution >= 4 is 11.8 Å². The second-order valence-corrected chi connectivity index (χ2v) is 4.59. The van der Waals surface area contributed by atoms with Gasteiger partial charge in [0.25, 0.3) is 0 Å². The summed E-state index contributed by atoms with van der Waals surface area (Å²) in [6, 6.07) is 0. The fourth-order valence-corrected chi connectivity index (χ4v) is 2.02. The van der Waals surface area contributed by atoms with Crippen LogP contribution in [-0.2, 0) is 14.3 Å². The monoisotopic (exact) mass is 212 g/mol. The highest BCUT2D eigenvalue weighted by Gasteiger charge is 2.23. The average Bonchev–Trinajstić information content (AvgIpc) is 2.18. The second kappa shape index (κ2) is 5.89. The number of hydrogen-bond donors (Lipinski definition) is 0. The molecule has 86 valence electrons. The molecule has 0 amide bonds. The summed E-state index contributed by atoms with van der Waals surface area (Å²) in [6.45, 7) is 3.51. The number of ether oxygens (including phenoxy) is 1. The minimum Gasteiger partial charge on any atom is -0.457 e. The molecule has 3 heteroatoms. The van der Waals surface area contributed by atoms with Gasteiger partial charge in [-0.15, -0.1) is 0 Å². The van der Waals surface area contributed by atoms with E-state index in [0.717, 1.165) is 12.8 Å². The van der Waals surface area contributed by atoms with Crippen molar-refractivity contribution in [3.63, 3.8) is 0 Å². The van der Waals surface area contributed by atoms with E-state index in [1.807, 2.05) is 0 Å². The van der Waals surface area contributed by atoms with Crippen LogP contribution in [0.15, 0.2) is 0 Å². The molecule has 3 nitrogen and oxygen atoms in total. The largest absolute Gasteiger partial charge is 0.457 e. The minimum atomic E-state index is -0.657. The van der Waals surface area contributed by atoms with E-state index < -0.39 is 5.97 Å². The van der Waals surface area contributed by atoms with Crippen molar-refractivity contribution in [2.45, 2.75) is 58.5 Å². The van der Waals surface area contributed by atoms with Crippen molar-refractivity contribution in [2.75, 3.05) is 0 Å². The van der Waals surface area contributed by atoms with Crippen LogP contribution < -0.4 is 0 Å². The molecule has 1 aliphatic rings. The zero-order valence-corrected chi connectivity index (χ0v) is 9.62. The summed E-state index contributed by atoms with van der Waals surface area (Å²) in [5, 5.41) is 0. The summed E-state index contributed by atoms with van der Waals surface area (Å²) in [5.41, 5.74) is 0. The molecule has 1 aliphatic carbocycles. The van der Waals surface area contributed by atoms with Crippen LogP contribution in [-0.4, -0.2) is 17.9 Å². The molecule has 1 fully saturated rings. The fourth-order valence-electron chi connectivity index (χ4n) is 2.02. The molecule has 0 atom stereocenters. The lowest BCUT2D eigenvalue weighted by Crippen LogP contribution is -2.24. The minimum absolute atomic E-state index is 0.201. The van der Waals surface area contributed by atoms with Gasteiger partial charge in [0.1, 0.15) is 0 Å². The highest BCUT2D eigenvalue weighted by molar-refractivity contribution is 6.33. The molecule has 1 rings (SSSR count). The van der Waals surface area contributed by atoms with Crippen LogP contribution in [0.25, 0.3) is 0 Å². The predicted molar refractivity (Wildman–Crippen MR) is 57.4 cm³/mol. The van der Waals surface area contributed by atoms with E-state index in [0.29, 0.717) is 12.3 Å². The number of ketones is 1. The van der Waals surface area contributed by atoms with Crippen molar-refractivity contribution in [3.8, 4) is 0 Å². The van der Waals surface area contributed by atoms with Crippen molar-refractivity contribution < 1.29 is 14.3 Å². The van der Waals surface area contributed by atoms with E-state index in [-0.39, 0.29) is 11.9 Å². The SMILES string of the molecule is CC(C)OC(=O)C(=O)CC1CCCCC1. The van der Waals surface area contributed by atoms with Crippen LogP contribution in [0, 0.1) is 5.92 Å². The Balaban J connectivity index is 2.30. The quantitative estimate of drug-likeness (QED) is 0.531. The van der Waals surface area contributed by atoms with Gasteiger partial charge in [0.2, 0.25) is 5.78 Å². The Morgan fingerprint density at radius 3 is 2.33 bits per heavy atom. The summed E-state index contributed by atoms with van der Waals surface area (Å²) in [5.74, 6) is -0.600. The molecule has 0 aliphatic heterocycles. The summed E-state index contributed by atoms with van der Waals surface area (Å²) in [4.78, 5) is 22.7. The van der Waals surface area contributed by atoms with Crippen LogP contribution in [0.5, 0.6) is 0 Å². The first-order valence-corrected chi connectivity index (χ1v) is 5.83. The van der Waals surface area contributed by atoms with Gasteiger partial charge >= 0.3 is 5.97 Å². The van der Waals surface area contributed by atoms with E-state index in [4.69, 9.17) is 4.74 Å². The molecule has 0 radical (unpaired) electrons. The number of hydrogen-bond acceptors (Lipinski definition) is 3. The lowest BCUT2D eigenvalue weighted by molar-refractivity contribution is -0.157. The Morgan fingerprint density at radius 2 is 1.80 bits per heavy atom. The van der Waals surface area contributed by atoms with Crippen molar-refractivity contribution in [2.24, 2.45) is 5.92 Å². The number of carbonyl (C=O) groups is 2. The Labute approximate surface area is 91.2 Å². The molecule has 0 aromatic rings. The third kappa shape index (κ3) is 4.45. The average molecular weight is 212 g/mol. The topological polar surface area (TPSA) is 43.4 Å². The molecule has 0 saturated heterocycles. The first-order chi connectivity index (χ1) is 7.09. The molecule has 0 spiro atoms. The predicted octanol–water partition coefficient (Wildman–Crippen LogP) is 2.48. The molecule has 1 saturated carbocycles. The maximum atomic E-state index is 11.5. The number of rotatable bonds is 4. The van der Waals surface area contributed by atoms with Gasteiger partial charge in [-0.1, -0.05) is 32.1 Å². The van der Waals surface area contributed by atoms with Crippen LogP contribution in [0.2, 0.25) is 0 Å². The molecular formula is C12H20O3. The molecule has 0 bridgehead atoms. The van der Waals surface area contributed by atoms with Gasteiger partial charge in [-0.3, -0.25) is 4.79 Å². The smallest absolute Gasteiger partial charge is 0.374 e. The molecule has 0 aromatic heterocycles. The van der Waals surface area contributed by atoms with Gasteiger partial charge in [0.15, 0.2) is 0 Å². The zero-order chi connectivity index (χ0) is 11.3. The van der Waals surface area contributed by atoms with Crippen LogP contribution in [0.4, 0.5) is 0 Å². The molecule has 15 heavy (non-hydrogen) atoms. The molecule has 0 N–H and O–H groups in total. The van der Waals surface area contributed by atoms with E-state index in [1.165, 1.54) is 19.3 Å². The number of esters is 1. The van der Waals surface area contributed by atoms with E-state index in [9.17, 15) is 9.59 Å². The highest BCUT2D eigenvalue weighted by Crippen LogP contribution is 2.26. The van der Waals surface area contributed by atoms with E-state index in [1.54, 1.807) is 13.8 Å². The van der Waals surface area contributed by atoms with Crippen LogP contribution >= 0.6 is 0 Å². The van der Waals surface area contributed by atoms with Gasteiger partial charge in [0.05, 0.1) is 6.10 Å². The molecule has 0 unspecified atom stereocenters. The maximum Gasteiger partial charge on any atom is 0.374 e. The van der Waals surface area contributed by atoms with Crippen molar-refractivity contribution in [3.05, 3.63) is 0 Å².